The SMILES string of the molecule is N#Cc1cccc(C(=O)/C=C/c2ccc(Cl)c([N+](=O)[O-])c2)c1. The van der Waals surface area contributed by atoms with Gasteiger partial charge in [-0.25, -0.2) is 0 Å². The summed E-state index contributed by atoms with van der Waals surface area (Å²) >= 11 is 5.72. The summed E-state index contributed by atoms with van der Waals surface area (Å²) in [7, 11) is 0. The van der Waals surface area contributed by atoms with Crippen LogP contribution in [-0.4, -0.2) is 10.7 Å². The second kappa shape index (κ2) is 6.66. The van der Waals surface area contributed by atoms with Crippen LogP contribution < -0.4 is 0 Å². The monoisotopic (exact) mass is 312 g/mol. The molecule has 2 aromatic carbocycles. The molecule has 6 heteroatoms. The molecule has 0 aliphatic heterocycles. The Morgan fingerprint density at radius 2 is 2.05 bits per heavy atom. The van der Waals surface area contributed by atoms with E-state index in [0.717, 1.165) is 0 Å². The highest BCUT2D eigenvalue weighted by Crippen LogP contribution is 2.25. The van der Waals surface area contributed by atoms with E-state index >= 15 is 0 Å². The lowest BCUT2D eigenvalue weighted by Crippen LogP contribution is -1.94. The quantitative estimate of drug-likeness (QED) is 0.369. The Hall–Kier alpha value is -2.97. The van der Waals surface area contributed by atoms with Crippen LogP contribution in [0.25, 0.3) is 6.08 Å². The van der Waals surface area contributed by atoms with Crippen LogP contribution in [0.15, 0.2) is 48.5 Å². The molecule has 0 fully saturated rings. The molecule has 2 aromatic rings. The fourth-order valence-corrected chi connectivity index (χ4v) is 1.97. The average molecular weight is 313 g/mol. The molecule has 0 atom stereocenters. The van der Waals surface area contributed by atoms with Gasteiger partial charge in [-0.3, -0.25) is 14.9 Å². The summed E-state index contributed by atoms with van der Waals surface area (Å²) in [5.41, 5.74) is 1.03. The Kier molecular flexibility index (Phi) is 4.66. The number of nitrogens with zero attached hydrogens (tertiary/aromatic N) is 2. The van der Waals surface area contributed by atoms with Crippen molar-refractivity contribution in [2.75, 3.05) is 0 Å². The smallest absolute Gasteiger partial charge is 0.288 e. The van der Waals surface area contributed by atoms with Crippen LogP contribution in [0, 0.1) is 21.4 Å². The number of benzene rings is 2. The van der Waals surface area contributed by atoms with Crippen LogP contribution in [0.3, 0.4) is 0 Å². The minimum atomic E-state index is -0.585. The van der Waals surface area contributed by atoms with Crippen molar-refractivity contribution in [3.8, 4) is 6.07 Å². The summed E-state index contributed by atoms with van der Waals surface area (Å²) < 4.78 is 0. The van der Waals surface area contributed by atoms with Crippen molar-refractivity contribution in [1.82, 2.24) is 0 Å². The van der Waals surface area contributed by atoms with Crippen LogP contribution >= 0.6 is 11.6 Å². The van der Waals surface area contributed by atoms with Crippen molar-refractivity contribution in [3.05, 3.63) is 80.4 Å². The summed E-state index contributed by atoms with van der Waals surface area (Å²) in [6.07, 6.45) is 2.76. The Morgan fingerprint density at radius 1 is 1.27 bits per heavy atom. The maximum absolute atomic E-state index is 12.0. The number of nitriles is 1. The van der Waals surface area contributed by atoms with E-state index in [1.54, 1.807) is 24.3 Å². The molecule has 0 heterocycles. The fourth-order valence-electron chi connectivity index (χ4n) is 1.78. The molecule has 0 radical (unpaired) electrons. The molecule has 0 spiro atoms. The van der Waals surface area contributed by atoms with Crippen molar-refractivity contribution in [3.63, 3.8) is 0 Å². The minimum absolute atomic E-state index is 0.0372. The van der Waals surface area contributed by atoms with Crippen LogP contribution in [-0.2, 0) is 0 Å². The third-order valence-electron chi connectivity index (χ3n) is 2.87. The molecule has 0 saturated heterocycles. The highest BCUT2D eigenvalue weighted by molar-refractivity contribution is 6.32. The molecule has 5 nitrogen and oxygen atoms in total. The molecule has 0 unspecified atom stereocenters. The topological polar surface area (TPSA) is 84.0 Å². The third kappa shape index (κ3) is 3.57. The molecule has 22 heavy (non-hydrogen) atoms. The number of hydrogen-bond donors (Lipinski definition) is 0. The fraction of sp³-hybridized carbons (Fsp3) is 0. The zero-order chi connectivity index (χ0) is 16.1. The summed E-state index contributed by atoms with van der Waals surface area (Å²) in [5.74, 6) is -0.297. The predicted octanol–water partition coefficient (Wildman–Crippen LogP) is 4.02. The standard InChI is InChI=1S/C16H9ClN2O3/c17-14-6-4-11(9-15(14)19(21)22)5-7-16(20)13-3-1-2-12(8-13)10-18/h1-9H/b7-5+. The molecule has 2 rings (SSSR count). The Labute approximate surface area is 131 Å². The molecule has 0 bridgehead atoms. The van der Waals surface area contributed by atoms with E-state index in [1.165, 1.54) is 30.4 Å². The number of hydrogen-bond acceptors (Lipinski definition) is 4. The molecule has 0 N–H and O–H groups in total. The number of nitro benzene ring substituents is 1. The molecular formula is C16H9ClN2O3. The lowest BCUT2D eigenvalue weighted by atomic mass is 10.1. The lowest BCUT2D eigenvalue weighted by Gasteiger charge is -1.98. The van der Waals surface area contributed by atoms with Crippen molar-refractivity contribution < 1.29 is 9.72 Å². The van der Waals surface area contributed by atoms with E-state index in [0.29, 0.717) is 16.7 Å². The van der Waals surface area contributed by atoms with Gasteiger partial charge in [0, 0.05) is 11.6 Å². The number of carbonyl (C=O) groups is 1. The Balaban J connectivity index is 2.25. The summed E-state index contributed by atoms with van der Waals surface area (Å²) in [5, 5.41) is 19.6. The van der Waals surface area contributed by atoms with Gasteiger partial charge in [0.1, 0.15) is 5.02 Å². The highest BCUT2D eigenvalue weighted by atomic mass is 35.5. The maximum atomic E-state index is 12.0. The third-order valence-corrected chi connectivity index (χ3v) is 3.19. The van der Waals surface area contributed by atoms with Gasteiger partial charge in [0.2, 0.25) is 0 Å². The zero-order valence-electron chi connectivity index (χ0n) is 11.2. The molecule has 0 aromatic heterocycles. The van der Waals surface area contributed by atoms with Crippen LogP contribution in [0.5, 0.6) is 0 Å². The lowest BCUT2D eigenvalue weighted by molar-refractivity contribution is -0.384. The average Bonchev–Trinajstić information content (AvgIpc) is 2.53. The van der Waals surface area contributed by atoms with E-state index in [-0.39, 0.29) is 16.5 Å². The van der Waals surface area contributed by atoms with Gasteiger partial charge in [0.25, 0.3) is 5.69 Å². The van der Waals surface area contributed by atoms with E-state index < -0.39 is 4.92 Å². The minimum Gasteiger partial charge on any atom is -0.289 e. The molecule has 0 amide bonds. The van der Waals surface area contributed by atoms with Crippen molar-refractivity contribution in [2.24, 2.45) is 0 Å². The van der Waals surface area contributed by atoms with E-state index in [1.807, 2.05) is 6.07 Å². The van der Waals surface area contributed by atoms with Crippen LogP contribution in [0.1, 0.15) is 21.5 Å². The largest absolute Gasteiger partial charge is 0.289 e. The van der Waals surface area contributed by atoms with E-state index in [9.17, 15) is 14.9 Å². The Morgan fingerprint density at radius 3 is 2.73 bits per heavy atom. The normalized spacial score (nSPS) is 10.4. The zero-order valence-corrected chi connectivity index (χ0v) is 11.9. The van der Waals surface area contributed by atoms with Gasteiger partial charge in [0.15, 0.2) is 5.78 Å². The maximum Gasteiger partial charge on any atom is 0.288 e. The van der Waals surface area contributed by atoms with E-state index in [2.05, 4.69) is 0 Å². The van der Waals surface area contributed by atoms with Gasteiger partial charge in [-0.15, -0.1) is 0 Å². The molecule has 0 saturated carbocycles. The summed E-state index contributed by atoms with van der Waals surface area (Å²) in [4.78, 5) is 22.2. The number of ketones is 1. The number of halogens is 1. The predicted molar refractivity (Wildman–Crippen MR) is 82.6 cm³/mol. The second-order valence-corrected chi connectivity index (χ2v) is 4.77. The van der Waals surface area contributed by atoms with Gasteiger partial charge in [0.05, 0.1) is 16.6 Å². The van der Waals surface area contributed by atoms with Crippen molar-refractivity contribution in [1.29, 1.82) is 5.26 Å². The van der Waals surface area contributed by atoms with Crippen molar-refractivity contribution >= 4 is 29.1 Å². The molecule has 108 valence electrons. The van der Waals surface area contributed by atoms with Gasteiger partial charge in [-0.1, -0.05) is 35.9 Å². The summed E-state index contributed by atoms with van der Waals surface area (Å²) in [6.45, 7) is 0. The van der Waals surface area contributed by atoms with Gasteiger partial charge < -0.3 is 0 Å². The molecular weight excluding hydrogens is 304 g/mol. The first-order valence-corrected chi connectivity index (χ1v) is 6.55. The number of allylic oxidation sites excluding steroid dienone is 1. The van der Waals surface area contributed by atoms with E-state index in [4.69, 9.17) is 16.9 Å². The second-order valence-electron chi connectivity index (χ2n) is 4.36. The van der Waals surface area contributed by atoms with Gasteiger partial charge >= 0.3 is 0 Å². The highest BCUT2D eigenvalue weighted by Gasteiger charge is 2.11. The number of carbonyl (C=O) groups excluding carboxylic acids is 1. The van der Waals surface area contributed by atoms with Gasteiger partial charge in [-0.2, -0.15) is 5.26 Å². The summed E-state index contributed by atoms with van der Waals surface area (Å²) in [6, 6.07) is 12.5. The van der Waals surface area contributed by atoms with Crippen molar-refractivity contribution in [2.45, 2.75) is 0 Å². The Bertz CT molecular complexity index is 822. The molecule has 0 aliphatic carbocycles. The molecule has 0 aliphatic rings. The number of nitro groups is 1. The van der Waals surface area contributed by atoms with Crippen LogP contribution in [0.4, 0.5) is 5.69 Å². The van der Waals surface area contributed by atoms with Gasteiger partial charge in [-0.05, 0) is 29.8 Å². The van der Waals surface area contributed by atoms with Crippen LogP contribution in [0.2, 0.25) is 5.02 Å². The first kappa shape index (κ1) is 15.4. The first-order chi connectivity index (χ1) is 10.5. The number of rotatable bonds is 4. The first-order valence-electron chi connectivity index (χ1n) is 6.18.